The summed E-state index contributed by atoms with van der Waals surface area (Å²) in [6, 6.07) is 13.0. The van der Waals surface area contributed by atoms with Gasteiger partial charge in [0.1, 0.15) is 5.75 Å². The predicted octanol–water partition coefficient (Wildman–Crippen LogP) is 3.14. The quantitative estimate of drug-likeness (QED) is 0.430. The van der Waals surface area contributed by atoms with Crippen LogP contribution in [0.4, 0.5) is 10.3 Å². The summed E-state index contributed by atoms with van der Waals surface area (Å²) in [4.78, 5) is 24.3. The Kier molecular flexibility index (Phi) is 6.13. The third-order valence-electron chi connectivity index (χ3n) is 7.04. The van der Waals surface area contributed by atoms with Crippen molar-refractivity contribution in [3.63, 3.8) is 0 Å². The van der Waals surface area contributed by atoms with Crippen LogP contribution in [0, 0.1) is 0 Å². The van der Waals surface area contributed by atoms with Crippen LogP contribution in [0.5, 0.6) is 5.75 Å². The number of alkyl halides is 1. The van der Waals surface area contributed by atoms with E-state index in [0.29, 0.717) is 49.7 Å². The van der Waals surface area contributed by atoms with Crippen molar-refractivity contribution in [3.8, 4) is 16.9 Å². The van der Waals surface area contributed by atoms with E-state index >= 15 is 0 Å². The first-order valence-corrected chi connectivity index (χ1v) is 12.5. The molecule has 0 bridgehead atoms. The molecule has 4 heterocycles. The van der Waals surface area contributed by atoms with Gasteiger partial charge in [-0.2, -0.15) is 0 Å². The fourth-order valence-electron chi connectivity index (χ4n) is 5.33. The lowest BCUT2D eigenvalue weighted by atomic mass is 10.0. The van der Waals surface area contributed by atoms with E-state index in [1.807, 2.05) is 46.0 Å². The molecular formula is C27H28FN5O4. The van der Waals surface area contributed by atoms with Gasteiger partial charge in [0.25, 0.3) is 5.56 Å². The molecule has 2 aromatic carbocycles. The summed E-state index contributed by atoms with van der Waals surface area (Å²) in [7, 11) is 0. The Morgan fingerprint density at radius 1 is 1.16 bits per heavy atom. The normalized spacial score (nSPS) is 20.2. The molecule has 0 saturated carbocycles. The molecule has 0 amide bonds. The van der Waals surface area contributed by atoms with Gasteiger partial charge in [0, 0.05) is 50.1 Å². The largest absolute Gasteiger partial charge is 0.460 e. The van der Waals surface area contributed by atoms with Gasteiger partial charge in [0.2, 0.25) is 12.3 Å². The first kappa shape index (κ1) is 23.6. The van der Waals surface area contributed by atoms with Gasteiger partial charge in [-0.15, -0.1) is 0 Å². The minimum absolute atomic E-state index is 0.0413. The molecule has 0 spiro atoms. The van der Waals surface area contributed by atoms with Gasteiger partial charge in [0.15, 0.2) is 0 Å². The number of aliphatic hydroxyl groups excluding tert-OH is 1. The van der Waals surface area contributed by atoms with E-state index in [1.54, 1.807) is 23.1 Å². The number of hydrogen-bond acceptors (Lipinski definition) is 7. The number of halogens is 1. The molecule has 192 valence electrons. The fourth-order valence-corrected chi connectivity index (χ4v) is 5.33. The predicted molar refractivity (Wildman–Crippen MR) is 137 cm³/mol. The van der Waals surface area contributed by atoms with Gasteiger partial charge in [-0.3, -0.25) is 9.48 Å². The molecule has 6 rings (SSSR count). The summed E-state index contributed by atoms with van der Waals surface area (Å²) < 4.78 is 28.4. The summed E-state index contributed by atoms with van der Waals surface area (Å²) in [5.41, 5.74) is 3.33. The average Bonchev–Trinajstić information content (AvgIpc) is 3.48. The highest BCUT2D eigenvalue weighted by atomic mass is 19.1. The first-order chi connectivity index (χ1) is 18.0. The van der Waals surface area contributed by atoms with Gasteiger partial charge in [-0.05, 0) is 30.2 Å². The molecule has 2 aromatic heterocycles. The number of benzene rings is 2. The molecule has 2 aliphatic rings. The van der Waals surface area contributed by atoms with Gasteiger partial charge < -0.3 is 19.5 Å². The van der Waals surface area contributed by atoms with Crippen LogP contribution in [0.1, 0.15) is 24.9 Å². The summed E-state index contributed by atoms with van der Waals surface area (Å²) in [6.07, 6.45) is 2.58. The third kappa shape index (κ3) is 4.25. The topological polar surface area (TPSA) is 94.6 Å². The number of aliphatic hydroxyl groups is 1. The monoisotopic (exact) mass is 505 g/mol. The van der Waals surface area contributed by atoms with Crippen LogP contribution < -0.4 is 15.2 Å². The number of fused-ring (bicyclic) bond motifs is 3. The number of ether oxygens (including phenoxy) is 2. The Hall–Kier alpha value is -3.76. The molecule has 4 aromatic rings. The number of anilines is 1. The maximum absolute atomic E-state index is 13.7. The average molecular weight is 506 g/mol. The van der Waals surface area contributed by atoms with Crippen LogP contribution in [-0.4, -0.2) is 63.2 Å². The zero-order chi connectivity index (χ0) is 25.5. The minimum Gasteiger partial charge on any atom is -0.460 e. The van der Waals surface area contributed by atoms with Crippen LogP contribution >= 0.6 is 0 Å². The smallest absolute Gasteiger partial charge is 0.274 e. The van der Waals surface area contributed by atoms with Gasteiger partial charge >= 0.3 is 0 Å². The fraction of sp³-hybridized carbons (Fsp3) is 0.370. The lowest BCUT2D eigenvalue weighted by Gasteiger charge is -2.31. The lowest BCUT2D eigenvalue weighted by Crippen LogP contribution is -2.44. The zero-order valence-electron chi connectivity index (χ0n) is 20.5. The molecule has 2 aliphatic heterocycles. The molecule has 1 fully saturated rings. The maximum atomic E-state index is 13.7. The molecule has 0 radical (unpaired) electrons. The Bertz CT molecular complexity index is 1480. The van der Waals surface area contributed by atoms with Crippen molar-refractivity contribution in [2.24, 2.45) is 0 Å². The molecule has 0 aliphatic carbocycles. The van der Waals surface area contributed by atoms with Crippen molar-refractivity contribution >= 4 is 16.9 Å². The Morgan fingerprint density at radius 2 is 1.97 bits per heavy atom. The second-order valence-electron chi connectivity index (χ2n) is 9.40. The first-order valence-electron chi connectivity index (χ1n) is 12.5. The van der Waals surface area contributed by atoms with Crippen molar-refractivity contribution in [1.29, 1.82) is 0 Å². The summed E-state index contributed by atoms with van der Waals surface area (Å²) >= 11 is 0. The highest BCUT2D eigenvalue weighted by Gasteiger charge is 2.30. The van der Waals surface area contributed by atoms with Crippen molar-refractivity contribution in [2.45, 2.75) is 38.4 Å². The molecular weight excluding hydrogens is 477 g/mol. The minimum atomic E-state index is -1.44. The SMILES string of the molecule is CC(F)Oc1ccccc1[C@H]1CCn2c(=O)c3ccc(-c4cnc(N5CCO[C@@H](CO)C5)nc4)cc3n21. The number of aromatic nitrogens is 4. The van der Waals surface area contributed by atoms with Crippen LogP contribution in [0.2, 0.25) is 0 Å². The number of rotatable bonds is 6. The van der Waals surface area contributed by atoms with Crippen LogP contribution in [0.3, 0.4) is 0 Å². The standard InChI is InChI=1S/C27H28FN5O4/c1-17(28)37-25-5-3-2-4-21(25)23-8-9-32-26(35)22-7-6-18(12-24(22)33(23)32)19-13-29-27(30-14-19)31-10-11-36-20(15-31)16-34/h2-7,12-14,17,20,23,34H,8-11,15-16H2,1H3/t17?,20-,23-/m1/s1. The van der Waals surface area contributed by atoms with E-state index < -0.39 is 6.36 Å². The number of hydrogen-bond donors (Lipinski definition) is 1. The van der Waals surface area contributed by atoms with E-state index in [9.17, 15) is 14.3 Å². The highest BCUT2D eigenvalue weighted by Crippen LogP contribution is 2.37. The van der Waals surface area contributed by atoms with E-state index in [4.69, 9.17) is 9.47 Å². The molecule has 1 unspecified atom stereocenters. The Morgan fingerprint density at radius 3 is 2.76 bits per heavy atom. The second kappa shape index (κ2) is 9.60. The van der Waals surface area contributed by atoms with Gasteiger partial charge in [0.05, 0.1) is 36.3 Å². The van der Waals surface area contributed by atoms with Crippen LogP contribution in [-0.2, 0) is 11.3 Å². The molecule has 1 N–H and O–H groups in total. The molecule has 9 nitrogen and oxygen atoms in total. The van der Waals surface area contributed by atoms with Crippen molar-refractivity contribution in [3.05, 3.63) is 70.8 Å². The second-order valence-corrected chi connectivity index (χ2v) is 9.40. The molecule has 3 atom stereocenters. The Balaban J connectivity index is 1.36. The zero-order valence-corrected chi connectivity index (χ0v) is 20.5. The molecule has 1 saturated heterocycles. The summed E-state index contributed by atoms with van der Waals surface area (Å²) in [6.45, 7) is 3.60. The van der Waals surface area contributed by atoms with Crippen molar-refractivity contribution < 1.29 is 19.0 Å². The van der Waals surface area contributed by atoms with Gasteiger partial charge in [-0.1, -0.05) is 24.3 Å². The number of morpholine rings is 1. The van der Waals surface area contributed by atoms with E-state index in [-0.39, 0.29) is 24.3 Å². The highest BCUT2D eigenvalue weighted by molar-refractivity contribution is 5.84. The van der Waals surface area contributed by atoms with Crippen LogP contribution in [0.25, 0.3) is 22.0 Å². The third-order valence-corrected chi connectivity index (χ3v) is 7.04. The number of nitrogens with zero attached hydrogens (tertiary/aromatic N) is 5. The lowest BCUT2D eigenvalue weighted by molar-refractivity contribution is 0.00314. The van der Waals surface area contributed by atoms with Gasteiger partial charge in [-0.25, -0.2) is 19.0 Å². The van der Waals surface area contributed by atoms with Crippen molar-refractivity contribution in [1.82, 2.24) is 19.3 Å². The maximum Gasteiger partial charge on any atom is 0.274 e. The Labute approximate surface area is 212 Å². The number of para-hydroxylation sites is 1. The van der Waals surface area contributed by atoms with Crippen molar-refractivity contribution in [2.75, 3.05) is 31.2 Å². The summed E-state index contributed by atoms with van der Waals surface area (Å²) in [5.74, 6) is 1.07. The molecule has 37 heavy (non-hydrogen) atoms. The summed E-state index contributed by atoms with van der Waals surface area (Å²) in [5, 5.41) is 10.0. The van der Waals surface area contributed by atoms with E-state index in [0.717, 1.165) is 22.2 Å². The van der Waals surface area contributed by atoms with E-state index in [1.165, 1.54) is 6.92 Å². The van der Waals surface area contributed by atoms with Crippen LogP contribution in [0.15, 0.2) is 59.7 Å². The van der Waals surface area contributed by atoms with E-state index in [2.05, 4.69) is 9.97 Å². The molecule has 10 heteroatoms.